The largest absolute Gasteiger partial charge is 0.497 e. The van der Waals surface area contributed by atoms with Gasteiger partial charge in [0.1, 0.15) is 11.6 Å². The molecule has 1 saturated heterocycles. The van der Waals surface area contributed by atoms with Crippen molar-refractivity contribution in [3.8, 4) is 5.75 Å². The van der Waals surface area contributed by atoms with Crippen LogP contribution in [0.25, 0.3) is 11.0 Å². The van der Waals surface area contributed by atoms with Gasteiger partial charge in [0.15, 0.2) is 0 Å². The van der Waals surface area contributed by atoms with Crippen LogP contribution in [0.3, 0.4) is 0 Å². The van der Waals surface area contributed by atoms with E-state index in [-0.39, 0.29) is 0 Å². The predicted octanol–water partition coefficient (Wildman–Crippen LogP) is 2.70. The predicted molar refractivity (Wildman–Crippen MR) is 79.3 cm³/mol. The molecule has 1 aromatic heterocycles. The SMILES string of the molecule is COc1ccc2c(c1)nc([C@@H]1CNC[C@H]1C)n2C1CC1. The Morgan fingerprint density at radius 2 is 2.15 bits per heavy atom. The van der Waals surface area contributed by atoms with E-state index in [0.717, 1.165) is 24.4 Å². The molecule has 1 aromatic carbocycles. The van der Waals surface area contributed by atoms with Gasteiger partial charge in [0.05, 0.1) is 18.1 Å². The fourth-order valence-electron chi connectivity index (χ4n) is 3.36. The molecule has 4 rings (SSSR count). The maximum atomic E-state index is 5.33. The Balaban J connectivity index is 1.88. The average Bonchev–Trinajstić information content (AvgIpc) is 3.10. The lowest BCUT2D eigenvalue weighted by Crippen LogP contribution is -2.14. The van der Waals surface area contributed by atoms with Crippen LogP contribution in [0.2, 0.25) is 0 Å². The number of rotatable bonds is 3. The highest BCUT2D eigenvalue weighted by molar-refractivity contribution is 5.78. The van der Waals surface area contributed by atoms with E-state index in [2.05, 4.69) is 28.9 Å². The molecule has 0 bridgehead atoms. The topological polar surface area (TPSA) is 39.1 Å². The third-order valence-corrected chi connectivity index (χ3v) is 4.69. The van der Waals surface area contributed by atoms with E-state index in [4.69, 9.17) is 9.72 Å². The second-order valence-corrected chi connectivity index (χ2v) is 6.17. The van der Waals surface area contributed by atoms with E-state index in [1.807, 2.05) is 6.07 Å². The summed E-state index contributed by atoms with van der Waals surface area (Å²) < 4.78 is 7.82. The summed E-state index contributed by atoms with van der Waals surface area (Å²) in [5.41, 5.74) is 2.34. The molecule has 1 aliphatic heterocycles. The van der Waals surface area contributed by atoms with E-state index in [0.29, 0.717) is 17.9 Å². The first kappa shape index (κ1) is 12.2. The van der Waals surface area contributed by atoms with Gasteiger partial charge in [0, 0.05) is 24.6 Å². The van der Waals surface area contributed by atoms with Crippen LogP contribution in [0.4, 0.5) is 0 Å². The Morgan fingerprint density at radius 1 is 1.30 bits per heavy atom. The van der Waals surface area contributed by atoms with Crippen molar-refractivity contribution in [2.75, 3.05) is 20.2 Å². The number of nitrogens with one attached hydrogen (secondary N) is 1. The maximum absolute atomic E-state index is 5.33. The zero-order chi connectivity index (χ0) is 13.7. The summed E-state index contributed by atoms with van der Waals surface area (Å²) >= 11 is 0. The molecule has 1 saturated carbocycles. The molecule has 106 valence electrons. The Kier molecular flexibility index (Phi) is 2.74. The lowest BCUT2D eigenvalue weighted by Gasteiger charge is -2.16. The van der Waals surface area contributed by atoms with E-state index >= 15 is 0 Å². The van der Waals surface area contributed by atoms with Gasteiger partial charge in [-0.3, -0.25) is 0 Å². The zero-order valence-corrected chi connectivity index (χ0v) is 12.1. The van der Waals surface area contributed by atoms with Gasteiger partial charge in [-0.05, 0) is 37.4 Å². The minimum atomic E-state index is 0.536. The van der Waals surface area contributed by atoms with Gasteiger partial charge in [0.25, 0.3) is 0 Å². The molecule has 2 aliphatic rings. The molecule has 2 heterocycles. The number of benzene rings is 1. The molecule has 1 aliphatic carbocycles. The first-order chi connectivity index (χ1) is 9.78. The summed E-state index contributed by atoms with van der Waals surface area (Å²) in [6, 6.07) is 6.93. The van der Waals surface area contributed by atoms with Gasteiger partial charge < -0.3 is 14.6 Å². The van der Waals surface area contributed by atoms with Crippen LogP contribution in [0.15, 0.2) is 18.2 Å². The van der Waals surface area contributed by atoms with Crippen LogP contribution >= 0.6 is 0 Å². The van der Waals surface area contributed by atoms with Crippen molar-refractivity contribution in [2.45, 2.75) is 31.7 Å². The number of aromatic nitrogens is 2. The highest BCUT2D eigenvalue weighted by Gasteiger charge is 2.34. The summed E-state index contributed by atoms with van der Waals surface area (Å²) in [5.74, 6) is 3.36. The third kappa shape index (κ3) is 1.82. The second kappa shape index (κ2) is 4.48. The van der Waals surface area contributed by atoms with Crippen molar-refractivity contribution >= 4 is 11.0 Å². The van der Waals surface area contributed by atoms with Gasteiger partial charge in [-0.25, -0.2) is 4.98 Å². The molecule has 4 nitrogen and oxygen atoms in total. The minimum Gasteiger partial charge on any atom is -0.497 e. The number of imidazole rings is 1. The molecular formula is C16H21N3O. The zero-order valence-electron chi connectivity index (χ0n) is 12.1. The van der Waals surface area contributed by atoms with Crippen molar-refractivity contribution in [3.05, 3.63) is 24.0 Å². The number of hydrogen-bond acceptors (Lipinski definition) is 3. The summed E-state index contributed by atoms with van der Waals surface area (Å²) in [7, 11) is 1.71. The standard InChI is InChI=1S/C16H21N3O/c1-10-8-17-9-13(10)16-18-14-7-12(20-2)5-6-15(14)19(16)11-3-4-11/h5-7,10-11,13,17H,3-4,8-9H2,1-2H3/t10-,13-/m1/s1. The first-order valence-corrected chi connectivity index (χ1v) is 7.54. The van der Waals surface area contributed by atoms with Crippen LogP contribution in [0, 0.1) is 5.92 Å². The second-order valence-electron chi connectivity index (χ2n) is 6.17. The number of ether oxygens (including phenoxy) is 1. The van der Waals surface area contributed by atoms with Gasteiger partial charge >= 0.3 is 0 Å². The van der Waals surface area contributed by atoms with Crippen molar-refractivity contribution in [1.82, 2.24) is 14.9 Å². The van der Waals surface area contributed by atoms with E-state index < -0.39 is 0 Å². The third-order valence-electron chi connectivity index (χ3n) is 4.69. The smallest absolute Gasteiger partial charge is 0.121 e. The lowest BCUT2D eigenvalue weighted by atomic mass is 9.97. The molecule has 20 heavy (non-hydrogen) atoms. The normalized spacial score (nSPS) is 26.3. The van der Waals surface area contributed by atoms with Crippen LogP contribution in [0.1, 0.15) is 37.5 Å². The van der Waals surface area contributed by atoms with Gasteiger partial charge in [0.2, 0.25) is 0 Å². The Morgan fingerprint density at radius 3 is 2.80 bits per heavy atom. The molecule has 0 amide bonds. The highest BCUT2D eigenvalue weighted by atomic mass is 16.5. The Labute approximate surface area is 119 Å². The molecule has 0 unspecified atom stereocenters. The van der Waals surface area contributed by atoms with Crippen molar-refractivity contribution in [2.24, 2.45) is 5.92 Å². The van der Waals surface area contributed by atoms with E-state index in [1.165, 1.54) is 24.2 Å². The van der Waals surface area contributed by atoms with Gasteiger partial charge in [-0.15, -0.1) is 0 Å². The number of nitrogens with zero attached hydrogens (tertiary/aromatic N) is 2. The highest BCUT2D eigenvalue weighted by Crippen LogP contribution is 2.42. The van der Waals surface area contributed by atoms with Gasteiger partial charge in [-0.2, -0.15) is 0 Å². The minimum absolute atomic E-state index is 0.536. The maximum Gasteiger partial charge on any atom is 0.121 e. The average molecular weight is 271 g/mol. The van der Waals surface area contributed by atoms with E-state index in [9.17, 15) is 0 Å². The molecule has 0 spiro atoms. The number of hydrogen-bond donors (Lipinski definition) is 1. The fourth-order valence-corrected chi connectivity index (χ4v) is 3.36. The molecule has 2 aromatic rings. The summed E-state index contributed by atoms with van der Waals surface area (Å²) in [6.07, 6.45) is 2.58. The van der Waals surface area contributed by atoms with Gasteiger partial charge in [-0.1, -0.05) is 6.92 Å². The van der Waals surface area contributed by atoms with Crippen LogP contribution in [-0.2, 0) is 0 Å². The summed E-state index contributed by atoms with van der Waals surface area (Å²) in [5, 5.41) is 3.50. The van der Waals surface area contributed by atoms with Crippen LogP contribution < -0.4 is 10.1 Å². The molecule has 0 radical (unpaired) electrons. The molecule has 2 atom stereocenters. The Hall–Kier alpha value is -1.55. The van der Waals surface area contributed by atoms with Crippen molar-refractivity contribution in [3.63, 3.8) is 0 Å². The van der Waals surface area contributed by atoms with Crippen molar-refractivity contribution < 1.29 is 4.74 Å². The molecule has 1 N–H and O–H groups in total. The molecular weight excluding hydrogens is 250 g/mol. The fraction of sp³-hybridized carbons (Fsp3) is 0.562. The van der Waals surface area contributed by atoms with Crippen LogP contribution in [-0.4, -0.2) is 29.8 Å². The number of fused-ring (bicyclic) bond motifs is 1. The first-order valence-electron chi connectivity index (χ1n) is 7.54. The number of methoxy groups -OCH3 is 1. The quantitative estimate of drug-likeness (QED) is 0.933. The summed E-state index contributed by atoms with van der Waals surface area (Å²) in [6.45, 7) is 4.47. The molecule has 4 heteroatoms. The van der Waals surface area contributed by atoms with E-state index in [1.54, 1.807) is 7.11 Å². The molecule has 2 fully saturated rings. The van der Waals surface area contributed by atoms with Crippen LogP contribution in [0.5, 0.6) is 5.75 Å². The monoisotopic (exact) mass is 271 g/mol. The van der Waals surface area contributed by atoms with Crippen molar-refractivity contribution in [1.29, 1.82) is 0 Å². The lowest BCUT2D eigenvalue weighted by molar-refractivity contribution is 0.415. The Bertz CT molecular complexity index is 644. The summed E-state index contributed by atoms with van der Waals surface area (Å²) in [4.78, 5) is 4.96.